The van der Waals surface area contributed by atoms with E-state index in [1.807, 2.05) is 0 Å². The number of nitrogens with one attached hydrogen (secondary N) is 1. The molecule has 0 aromatic heterocycles. The number of ether oxygens (including phenoxy) is 1. The lowest BCUT2D eigenvalue weighted by Crippen LogP contribution is -2.40. The Bertz CT molecular complexity index is 204. The molecule has 1 saturated heterocycles. The van der Waals surface area contributed by atoms with Crippen LogP contribution < -0.4 is 5.32 Å². The molecule has 2 aliphatic rings. The summed E-state index contributed by atoms with van der Waals surface area (Å²) in [6, 6.07) is 0.579. The minimum absolute atomic E-state index is 0.0650. The zero-order valence-electron chi connectivity index (χ0n) is 10.3. The van der Waals surface area contributed by atoms with E-state index in [0.717, 1.165) is 32.6 Å². The predicted octanol–water partition coefficient (Wildman–Crippen LogP) is 1.55. The molecule has 1 saturated carbocycles. The van der Waals surface area contributed by atoms with Crippen molar-refractivity contribution in [1.29, 1.82) is 0 Å². The number of rotatable bonds is 5. The summed E-state index contributed by atoms with van der Waals surface area (Å²) in [7, 11) is 0. The molecule has 2 N–H and O–H groups in total. The van der Waals surface area contributed by atoms with E-state index in [4.69, 9.17) is 4.74 Å². The van der Waals surface area contributed by atoms with Crippen molar-refractivity contribution < 1.29 is 9.84 Å². The lowest BCUT2D eigenvalue weighted by Gasteiger charge is -2.25. The Hall–Kier alpha value is -0.120. The Morgan fingerprint density at radius 1 is 1.38 bits per heavy atom. The minimum Gasteiger partial charge on any atom is -0.393 e. The van der Waals surface area contributed by atoms with Crippen molar-refractivity contribution in [3.05, 3.63) is 0 Å². The fraction of sp³-hybridized carbons (Fsp3) is 1.00. The molecule has 0 radical (unpaired) electrons. The van der Waals surface area contributed by atoms with Crippen LogP contribution >= 0.6 is 0 Å². The van der Waals surface area contributed by atoms with E-state index in [0.29, 0.717) is 17.9 Å². The van der Waals surface area contributed by atoms with Crippen LogP contribution in [0.5, 0.6) is 0 Å². The van der Waals surface area contributed by atoms with Crippen molar-refractivity contribution in [1.82, 2.24) is 5.32 Å². The molecule has 94 valence electrons. The Kier molecular flexibility index (Phi) is 4.62. The predicted molar refractivity (Wildman–Crippen MR) is 64.4 cm³/mol. The highest BCUT2D eigenvalue weighted by atomic mass is 16.5. The zero-order valence-corrected chi connectivity index (χ0v) is 10.3. The molecule has 1 heterocycles. The second-order valence-electron chi connectivity index (χ2n) is 5.30. The van der Waals surface area contributed by atoms with Crippen molar-refractivity contribution in [2.75, 3.05) is 19.8 Å². The lowest BCUT2D eigenvalue weighted by atomic mass is 9.95. The summed E-state index contributed by atoms with van der Waals surface area (Å²) in [6.07, 6.45) is 5.67. The monoisotopic (exact) mass is 227 g/mol. The van der Waals surface area contributed by atoms with Gasteiger partial charge in [0.05, 0.1) is 12.7 Å². The normalized spacial score (nSPS) is 36.8. The van der Waals surface area contributed by atoms with Gasteiger partial charge in [-0.05, 0) is 37.5 Å². The number of hydrogen-bond donors (Lipinski definition) is 2. The standard InChI is InChI=1S/C13H25NO2/c1-2-12(11-6-7-16-9-11)14-8-10-4-3-5-13(10)15/h10-15H,2-9H2,1H3. The molecule has 0 bridgehead atoms. The van der Waals surface area contributed by atoms with E-state index in [9.17, 15) is 5.11 Å². The summed E-state index contributed by atoms with van der Waals surface area (Å²) < 4.78 is 5.44. The Morgan fingerprint density at radius 3 is 2.81 bits per heavy atom. The van der Waals surface area contributed by atoms with Crippen molar-refractivity contribution in [3.8, 4) is 0 Å². The summed E-state index contributed by atoms with van der Waals surface area (Å²) in [4.78, 5) is 0. The Morgan fingerprint density at radius 2 is 2.25 bits per heavy atom. The van der Waals surface area contributed by atoms with Crippen LogP contribution in [0.3, 0.4) is 0 Å². The van der Waals surface area contributed by atoms with Crippen LogP contribution in [0, 0.1) is 11.8 Å². The first-order valence-corrected chi connectivity index (χ1v) is 6.80. The van der Waals surface area contributed by atoms with Crippen LogP contribution in [-0.2, 0) is 4.74 Å². The van der Waals surface area contributed by atoms with Crippen molar-refractivity contribution in [3.63, 3.8) is 0 Å². The van der Waals surface area contributed by atoms with Crippen LogP contribution in [-0.4, -0.2) is 37.0 Å². The topological polar surface area (TPSA) is 41.5 Å². The van der Waals surface area contributed by atoms with Crippen LogP contribution in [0.15, 0.2) is 0 Å². The molecule has 4 atom stereocenters. The van der Waals surface area contributed by atoms with Gasteiger partial charge in [-0.2, -0.15) is 0 Å². The zero-order chi connectivity index (χ0) is 11.4. The van der Waals surface area contributed by atoms with Gasteiger partial charge in [-0.15, -0.1) is 0 Å². The molecular weight excluding hydrogens is 202 g/mol. The van der Waals surface area contributed by atoms with Gasteiger partial charge in [-0.3, -0.25) is 0 Å². The van der Waals surface area contributed by atoms with E-state index in [1.165, 1.54) is 19.3 Å². The highest BCUT2D eigenvalue weighted by molar-refractivity contribution is 4.83. The molecule has 0 aromatic carbocycles. The van der Waals surface area contributed by atoms with Crippen molar-refractivity contribution in [2.24, 2.45) is 11.8 Å². The van der Waals surface area contributed by atoms with Gasteiger partial charge in [0.15, 0.2) is 0 Å². The first-order chi connectivity index (χ1) is 7.81. The fourth-order valence-electron chi connectivity index (χ4n) is 3.07. The minimum atomic E-state index is -0.0650. The van der Waals surface area contributed by atoms with E-state index in [2.05, 4.69) is 12.2 Å². The molecule has 2 rings (SSSR count). The molecule has 0 spiro atoms. The first kappa shape index (κ1) is 12.3. The van der Waals surface area contributed by atoms with E-state index in [1.54, 1.807) is 0 Å². The van der Waals surface area contributed by atoms with Crippen LogP contribution in [0.2, 0.25) is 0 Å². The smallest absolute Gasteiger partial charge is 0.0580 e. The molecule has 4 unspecified atom stereocenters. The van der Waals surface area contributed by atoms with Gasteiger partial charge in [0.2, 0.25) is 0 Å². The molecule has 3 heteroatoms. The van der Waals surface area contributed by atoms with Gasteiger partial charge < -0.3 is 15.2 Å². The average Bonchev–Trinajstić information content (AvgIpc) is 2.92. The number of aliphatic hydroxyl groups is 1. The van der Waals surface area contributed by atoms with Gasteiger partial charge in [0.1, 0.15) is 0 Å². The van der Waals surface area contributed by atoms with Crippen LogP contribution in [0.25, 0.3) is 0 Å². The van der Waals surface area contributed by atoms with Crippen LogP contribution in [0.1, 0.15) is 39.0 Å². The number of hydrogen-bond acceptors (Lipinski definition) is 3. The average molecular weight is 227 g/mol. The second kappa shape index (κ2) is 5.99. The fourth-order valence-corrected chi connectivity index (χ4v) is 3.07. The maximum absolute atomic E-state index is 9.78. The lowest BCUT2D eigenvalue weighted by molar-refractivity contribution is 0.125. The molecule has 16 heavy (non-hydrogen) atoms. The highest BCUT2D eigenvalue weighted by Crippen LogP contribution is 2.26. The largest absolute Gasteiger partial charge is 0.393 e. The molecule has 0 amide bonds. The van der Waals surface area contributed by atoms with Gasteiger partial charge in [0.25, 0.3) is 0 Å². The summed E-state index contributed by atoms with van der Waals surface area (Å²) >= 11 is 0. The Balaban J connectivity index is 1.73. The van der Waals surface area contributed by atoms with Gasteiger partial charge >= 0.3 is 0 Å². The molecular formula is C13H25NO2. The molecule has 0 aromatic rings. The molecule has 2 fully saturated rings. The third-order valence-corrected chi connectivity index (χ3v) is 4.23. The van der Waals surface area contributed by atoms with E-state index < -0.39 is 0 Å². The Labute approximate surface area is 98.6 Å². The van der Waals surface area contributed by atoms with Gasteiger partial charge in [-0.25, -0.2) is 0 Å². The highest BCUT2D eigenvalue weighted by Gasteiger charge is 2.28. The maximum Gasteiger partial charge on any atom is 0.0580 e. The summed E-state index contributed by atoms with van der Waals surface area (Å²) in [5, 5.41) is 13.4. The third kappa shape index (κ3) is 2.96. The maximum atomic E-state index is 9.78. The second-order valence-corrected chi connectivity index (χ2v) is 5.30. The molecule has 3 nitrogen and oxygen atoms in total. The van der Waals surface area contributed by atoms with E-state index >= 15 is 0 Å². The number of aliphatic hydroxyl groups excluding tert-OH is 1. The van der Waals surface area contributed by atoms with Crippen molar-refractivity contribution >= 4 is 0 Å². The van der Waals surface area contributed by atoms with Crippen LogP contribution in [0.4, 0.5) is 0 Å². The molecule has 1 aliphatic heterocycles. The van der Waals surface area contributed by atoms with Crippen molar-refractivity contribution in [2.45, 2.75) is 51.2 Å². The van der Waals surface area contributed by atoms with Gasteiger partial charge in [0, 0.05) is 19.2 Å². The quantitative estimate of drug-likeness (QED) is 0.749. The first-order valence-electron chi connectivity index (χ1n) is 6.80. The SMILES string of the molecule is CCC(NCC1CCCC1O)C1CCOC1. The summed E-state index contributed by atoms with van der Waals surface area (Å²) in [6.45, 7) is 5.06. The summed E-state index contributed by atoms with van der Waals surface area (Å²) in [5.74, 6) is 1.17. The molecule has 1 aliphatic carbocycles. The van der Waals surface area contributed by atoms with Gasteiger partial charge in [-0.1, -0.05) is 13.3 Å². The third-order valence-electron chi connectivity index (χ3n) is 4.23. The van der Waals surface area contributed by atoms with E-state index in [-0.39, 0.29) is 6.10 Å². The summed E-state index contributed by atoms with van der Waals surface area (Å²) in [5.41, 5.74) is 0.